The molecule has 7 heteroatoms. The first kappa shape index (κ1) is 14.8. The largest absolute Gasteiger partial charge is 0.350 e. The van der Waals surface area contributed by atoms with Gasteiger partial charge < -0.3 is 9.80 Å². The van der Waals surface area contributed by atoms with Crippen molar-refractivity contribution in [2.45, 2.75) is 19.4 Å². The van der Waals surface area contributed by atoms with Crippen LogP contribution in [-0.2, 0) is 4.79 Å². The van der Waals surface area contributed by atoms with Gasteiger partial charge in [-0.15, -0.1) is 0 Å². The Hall–Kier alpha value is -1.63. The van der Waals surface area contributed by atoms with Crippen molar-refractivity contribution in [3.8, 4) is 0 Å². The average Bonchev–Trinajstić information content (AvgIpc) is 2.37. The standard InChI is InChI=1S/C13H16BrN3O3/c1-13(2)12(18)15(3)6-7-16(13)10-5-4-9(14)8-11(10)17(19)20/h4-5,8H,6-7H2,1-3H3. The van der Waals surface area contributed by atoms with Crippen molar-refractivity contribution < 1.29 is 9.72 Å². The molecule has 0 saturated carbocycles. The van der Waals surface area contributed by atoms with E-state index in [1.807, 2.05) is 0 Å². The van der Waals surface area contributed by atoms with Crippen LogP contribution in [0, 0.1) is 10.1 Å². The van der Waals surface area contributed by atoms with Crippen LogP contribution in [0.2, 0.25) is 0 Å². The Morgan fingerprint density at radius 3 is 2.60 bits per heavy atom. The first-order chi connectivity index (χ1) is 9.25. The highest BCUT2D eigenvalue weighted by Crippen LogP contribution is 2.36. The van der Waals surface area contributed by atoms with Crippen LogP contribution in [0.15, 0.2) is 22.7 Å². The Balaban J connectivity index is 2.51. The summed E-state index contributed by atoms with van der Waals surface area (Å²) in [5.74, 6) is -0.0408. The van der Waals surface area contributed by atoms with Gasteiger partial charge >= 0.3 is 0 Å². The van der Waals surface area contributed by atoms with Crippen LogP contribution in [-0.4, -0.2) is 41.4 Å². The van der Waals surface area contributed by atoms with Crippen LogP contribution < -0.4 is 4.90 Å². The summed E-state index contributed by atoms with van der Waals surface area (Å²) in [5, 5.41) is 11.2. The number of anilines is 1. The molecule has 1 aromatic carbocycles. The van der Waals surface area contributed by atoms with Crippen molar-refractivity contribution in [3.63, 3.8) is 0 Å². The van der Waals surface area contributed by atoms with Crippen LogP contribution in [0.5, 0.6) is 0 Å². The summed E-state index contributed by atoms with van der Waals surface area (Å²) in [7, 11) is 1.75. The Kier molecular flexibility index (Phi) is 3.73. The van der Waals surface area contributed by atoms with Gasteiger partial charge in [0, 0.05) is 30.7 Å². The van der Waals surface area contributed by atoms with E-state index in [2.05, 4.69) is 15.9 Å². The number of nitro groups is 1. The molecule has 20 heavy (non-hydrogen) atoms. The summed E-state index contributed by atoms with van der Waals surface area (Å²) < 4.78 is 0.645. The van der Waals surface area contributed by atoms with Gasteiger partial charge in [0.15, 0.2) is 0 Å². The van der Waals surface area contributed by atoms with Crippen LogP contribution >= 0.6 is 15.9 Å². The van der Waals surface area contributed by atoms with Gasteiger partial charge in [0.25, 0.3) is 5.69 Å². The number of nitro benzene ring substituents is 1. The maximum atomic E-state index is 12.3. The predicted octanol–water partition coefficient (Wildman–Crippen LogP) is 2.41. The molecule has 1 saturated heterocycles. The molecule has 0 spiro atoms. The van der Waals surface area contributed by atoms with Gasteiger partial charge in [-0.2, -0.15) is 0 Å². The minimum Gasteiger partial charge on any atom is -0.350 e. The molecule has 0 unspecified atom stereocenters. The van der Waals surface area contributed by atoms with E-state index in [1.54, 1.807) is 42.8 Å². The molecule has 1 heterocycles. The lowest BCUT2D eigenvalue weighted by Gasteiger charge is -2.45. The number of carbonyl (C=O) groups is 1. The number of nitrogens with zero attached hydrogens (tertiary/aromatic N) is 3. The van der Waals surface area contributed by atoms with E-state index in [0.29, 0.717) is 23.2 Å². The van der Waals surface area contributed by atoms with Crippen molar-refractivity contribution in [1.82, 2.24) is 4.90 Å². The number of rotatable bonds is 2. The van der Waals surface area contributed by atoms with Crippen LogP contribution in [0.3, 0.4) is 0 Å². The fraction of sp³-hybridized carbons (Fsp3) is 0.462. The summed E-state index contributed by atoms with van der Waals surface area (Å²) in [6.07, 6.45) is 0. The number of piperazine rings is 1. The quantitative estimate of drug-likeness (QED) is 0.612. The highest BCUT2D eigenvalue weighted by molar-refractivity contribution is 9.10. The molecule has 0 N–H and O–H groups in total. The molecule has 1 fully saturated rings. The fourth-order valence-electron chi connectivity index (χ4n) is 2.51. The maximum absolute atomic E-state index is 12.3. The molecule has 1 aliphatic heterocycles. The third-order valence-corrected chi connectivity index (χ3v) is 4.12. The van der Waals surface area contributed by atoms with Crippen molar-refractivity contribution in [2.75, 3.05) is 25.0 Å². The number of amides is 1. The van der Waals surface area contributed by atoms with Gasteiger partial charge in [0.1, 0.15) is 11.2 Å². The molecular weight excluding hydrogens is 326 g/mol. The molecule has 0 atom stereocenters. The molecule has 0 bridgehead atoms. The van der Waals surface area contributed by atoms with E-state index in [9.17, 15) is 14.9 Å². The molecule has 108 valence electrons. The number of benzene rings is 1. The summed E-state index contributed by atoms with van der Waals surface area (Å²) in [5.41, 5.74) is -0.319. The molecule has 0 radical (unpaired) electrons. The number of likely N-dealkylation sites (N-methyl/N-ethyl adjacent to an activating group) is 1. The Labute approximate surface area is 125 Å². The topological polar surface area (TPSA) is 66.7 Å². The summed E-state index contributed by atoms with van der Waals surface area (Å²) >= 11 is 3.24. The highest BCUT2D eigenvalue weighted by Gasteiger charge is 2.42. The molecular formula is C13H16BrN3O3. The lowest BCUT2D eigenvalue weighted by atomic mass is 9.96. The van der Waals surface area contributed by atoms with E-state index in [1.165, 1.54) is 6.07 Å². The smallest absolute Gasteiger partial charge is 0.293 e. The summed E-state index contributed by atoms with van der Waals surface area (Å²) in [4.78, 5) is 26.6. The van der Waals surface area contributed by atoms with E-state index in [0.717, 1.165) is 0 Å². The molecule has 1 aliphatic rings. The second kappa shape index (κ2) is 5.05. The number of halogens is 1. The van der Waals surface area contributed by atoms with E-state index >= 15 is 0 Å². The Morgan fingerprint density at radius 1 is 1.35 bits per heavy atom. The van der Waals surface area contributed by atoms with Gasteiger partial charge in [-0.25, -0.2) is 0 Å². The van der Waals surface area contributed by atoms with Crippen molar-refractivity contribution in [2.24, 2.45) is 0 Å². The Bertz CT molecular complexity index is 574. The second-order valence-corrected chi connectivity index (χ2v) is 6.24. The molecule has 1 aromatic rings. The molecule has 0 aromatic heterocycles. The zero-order valence-corrected chi connectivity index (χ0v) is 13.2. The monoisotopic (exact) mass is 341 g/mol. The maximum Gasteiger partial charge on any atom is 0.293 e. The highest BCUT2D eigenvalue weighted by atomic mass is 79.9. The van der Waals surface area contributed by atoms with Gasteiger partial charge in [-0.1, -0.05) is 15.9 Å². The van der Waals surface area contributed by atoms with Crippen LogP contribution in [0.1, 0.15) is 13.8 Å². The van der Waals surface area contributed by atoms with Gasteiger partial charge in [0.2, 0.25) is 5.91 Å². The lowest BCUT2D eigenvalue weighted by Crippen LogP contribution is -2.62. The summed E-state index contributed by atoms with van der Waals surface area (Å²) in [6.45, 7) is 4.70. The summed E-state index contributed by atoms with van der Waals surface area (Å²) in [6, 6.07) is 4.90. The third-order valence-electron chi connectivity index (χ3n) is 3.63. The third kappa shape index (κ3) is 2.37. The van der Waals surface area contributed by atoms with E-state index in [-0.39, 0.29) is 11.6 Å². The number of hydrogen-bond donors (Lipinski definition) is 0. The van der Waals surface area contributed by atoms with Gasteiger partial charge in [-0.3, -0.25) is 14.9 Å². The van der Waals surface area contributed by atoms with Crippen LogP contribution in [0.25, 0.3) is 0 Å². The minimum absolute atomic E-state index is 0.00445. The van der Waals surface area contributed by atoms with E-state index < -0.39 is 10.5 Å². The normalized spacial score (nSPS) is 18.3. The van der Waals surface area contributed by atoms with Crippen molar-refractivity contribution >= 4 is 33.2 Å². The van der Waals surface area contributed by atoms with Crippen LogP contribution in [0.4, 0.5) is 11.4 Å². The predicted molar refractivity (Wildman–Crippen MR) is 79.9 cm³/mol. The molecule has 1 amide bonds. The number of carbonyl (C=O) groups excluding carboxylic acids is 1. The van der Waals surface area contributed by atoms with Crippen molar-refractivity contribution in [1.29, 1.82) is 0 Å². The fourth-order valence-corrected chi connectivity index (χ4v) is 2.86. The average molecular weight is 342 g/mol. The second-order valence-electron chi connectivity index (χ2n) is 5.33. The minimum atomic E-state index is -0.800. The molecule has 6 nitrogen and oxygen atoms in total. The first-order valence-electron chi connectivity index (χ1n) is 6.22. The first-order valence-corrected chi connectivity index (χ1v) is 7.01. The lowest BCUT2D eigenvalue weighted by molar-refractivity contribution is -0.384. The van der Waals surface area contributed by atoms with Gasteiger partial charge in [-0.05, 0) is 26.0 Å². The number of hydrogen-bond acceptors (Lipinski definition) is 4. The molecule has 0 aliphatic carbocycles. The SMILES string of the molecule is CN1CCN(c2ccc(Br)cc2[N+](=O)[O-])C(C)(C)C1=O. The van der Waals surface area contributed by atoms with Gasteiger partial charge in [0.05, 0.1) is 4.92 Å². The van der Waals surface area contributed by atoms with Crippen molar-refractivity contribution in [3.05, 3.63) is 32.8 Å². The zero-order chi connectivity index (χ0) is 15.1. The zero-order valence-electron chi connectivity index (χ0n) is 11.6. The molecule has 2 rings (SSSR count). The Morgan fingerprint density at radius 2 is 2.00 bits per heavy atom. The van der Waals surface area contributed by atoms with E-state index in [4.69, 9.17) is 0 Å².